The van der Waals surface area contributed by atoms with Gasteiger partial charge in [0.25, 0.3) is 5.91 Å². The molecule has 0 bridgehead atoms. The fourth-order valence-corrected chi connectivity index (χ4v) is 2.31. The van der Waals surface area contributed by atoms with Gasteiger partial charge in [-0.1, -0.05) is 0 Å². The Bertz CT molecular complexity index is 442. The van der Waals surface area contributed by atoms with Gasteiger partial charge in [0.05, 0.1) is 6.20 Å². The highest BCUT2D eigenvalue weighted by Crippen LogP contribution is 2.16. The molecule has 2 rings (SSSR count). The monoisotopic (exact) mass is 251 g/mol. The lowest BCUT2D eigenvalue weighted by Crippen LogP contribution is -2.47. The molecule has 0 aliphatic carbocycles. The smallest absolute Gasteiger partial charge is 0.256 e. The van der Waals surface area contributed by atoms with E-state index in [1.165, 1.54) is 10.9 Å². The number of nitrogens with one attached hydrogen (secondary N) is 1. The lowest BCUT2D eigenvalue weighted by atomic mass is 9.99. The number of likely N-dealkylation sites (tertiary alicyclic amines) is 1. The maximum Gasteiger partial charge on any atom is 0.256 e. The van der Waals surface area contributed by atoms with Crippen molar-refractivity contribution < 1.29 is 4.79 Å². The number of nitrogen functional groups attached to an aromatic ring is 1. The van der Waals surface area contributed by atoms with Crippen LogP contribution in [-0.2, 0) is 7.05 Å². The van der Waals surface area contributed by atoms with E-state index in [0.717, 1.165) is 19.4 Å². The number of nitrogens with zero attached hydrogens (tertiary/aromatic N) is 3. The molecule has 2 atom stereocenters. The van der Waals surface area contributed by atoms with Crippen LogP contribution in [0.3, 0.4) is 0 Å². The summed E-state index contributed by atoms with van der Waals surface area (Å²) in [5, 5.41) is 7.02. The van der Waals surface area contributed by atoms with E-state index in [-0.39, 0.29) is 11.9 Å². The number of piperidine rings is 1. The quantitative estimate of drug-likeness (QED) is 0.788. The van der Waals surface area contributed by atoms with E-state index in [2.05, 4.69) is 29.3 Å². The van der Waals surface area contributed by atoms with Gasteiger partial charge in [0, 0.05) is 25.7 Å². The molecule has 1 saturated heterocycles. The minimum atomic E-state index is -0.123. The molecule has 18 heavy (non-hydrogen) atoms. The van der Waals surface area contributed by atoms with Gasteiger partial charge in [-0.05, 0) is 26.8 Å². The third-order valence-corrected chi connectivity index (χ3v) is 3.77. The highest BCUT2D eigenvalue weighted by Gasteiger charge is 2.25. The lowest BCUT2D eigenvalue weighted by Gasteiger charge is -2.35. The molecule has 0 aromatic carbocycles. The topological polar surface area (TPSA) is 76.2 Å². The van der Waals surface area contributed by atoms with Gasteiger partial charge in [-0.2, -0.15) is 5.10 Å². The van der Waals surface area contributed by atoms with E-state index in [4.69, 9.17) is 5.73 Å². The predicted molar refractivity (Wildman–Crippen MR) is 70.2 cm³/mol. The van der Waals surface area contributed by atoms with Crippen molar-refractivity contribution in [3.8, 4) is 0 Å². The van der Waals surface area contributed by atoms with Crippen LogP contribution in [-0.4, -0.2) is 46.3 Å². The van der Waals surface area contributed by atoms with Crippen LogP contribution in [0.2, 0.25) is 0 Å². The maximum absolute atomic E-state index is 12.1. The number of rotatable bonds is 2. The first-order valence-corrected chi connectivity index (χ1v) is 6.27. The van der Waals surface area contributed by atoms with Crippen LogP contribution < -0.4 is 11.1 Å². The van der Waals surface area contributed by atoms with Crippen LogP contribution >= 0.6 is 0 Å². The fourth-order valence-electron chi connectivity index (χ4n) is 2.31. The van der Waals surface area contributed by atoms with Crippen molar-refractivity contribution >= 4 is 11.7 Å². The van der Waals surface area contributed by atoms with E-state index in [0.29, 0.717) is 17.4 Å². The van der Waals surface area contributed by atoms with Crippen LogP contribution in [0.1, 0.15) is 30.1 Å². The molecule has 6 heteroatoms. The van der Waals surface area contributed by atoms with Gasteiger partial charge in [0.15, 0.2) is 0 Å². The van der Waals surface area contributed by atoms with Crippen LogP contribution in [0.4, 0.5) is 5.82 Å². The number of aryl methyl sites for hydroxylation is 1. The summed E-state index contributed by atoms with van der Waals surface area (Å²) < 4.78 is 1.51. The molecule has 2 unspecified atom stereocenters. The van der Waals surface area contributed by atoms with E-state index >= 15 is 0 Å². The molecule has 1 aromatic heterocycles. The van der Waals surface area contributed by atoms with Crippen molar-refractivity contribution in [3.05, 3.63) is 11.8 Å². The Hall–Kier alpha value is -1.56. The molecule has 0 spiro atoms. The van der Waals surface area contributed by atoms with Gasteiger partial charge in [0.1, 0.15) is 11.4 Å². The molecular formula is C12H21N5O. The van der Waals surface area contributed by atoms with Crippen molar-refractivity contribution in [2.24, 2.45) is 7.05 Å². The Balaban J connectivity index is 1.98. The van der Waals surface area contributed by atoms with Crippen molar-refractivity contribution in [3.63, 3.8) is 0 Å². The van der Waals surface area contributed by atoms with Gasteiger partial charge in [0.2, 0.25) is 0 Å². The van der Waals surface area contributed by atoms with Crippen LogP contribution in [0.25, 0.3) is 0 Å². The van der Waals surface area contributed by atoms with Crippen LogP contribution in [0, 0.1) is 0 Å². The highest BCUT2D eigenvalue weighted by molar-refractivity contribution is 5.98. The minimum Gasteiger partial charge on any atom is -0.383 e. The van der Waals surface area contributed by atoms with Crippen LogP contribution in [0.5, 0.6) is 0 Å². The molecule has 3 N–H and O–H groups in total. The Labute approximate surface area is 107 Å². The molecule has 2 heterocycles. The average molecular weight is 251 g/mol. The number of anilines is 1. The zero-order chi connectivity index (χ0) is 13.3. The number of hydrogen-bond acceptors (Lipinski definition) is 4. The summed E-state index contributed by atoms with van der Waals surface area (Å²) in [5.41, 5.74) is 6.25. The Morgan fingerprint density at radius 3 is 2.83 bits per heavy atom. The number of amides is 1. The van der Waals surface area contributed by atoms with E-state index in [9.17, 15) is 4.79 Å². The Morgan fingerprint density at radius 2 is 2.28 bits per heavy atom. The van der Waals surface area contributed by atoms with Crippen molar-refractivity contribution in [2.45, 2.75) is 31.8 Å². The predicted octanol–water partition coefficient (Wildman–Crippen LogP) is 0.215. The lowest BCUT2D eigenvalue weighted by molar-refractivity contribution is 0.0897. The fraction of sp³-hybridized carbons (Fsp3) is 0.667. The molecule has 1 fully saturated rings. The molecule has 1 aromatic rings. The summed E-state index contributed by atoms with van der Waals surface area (Å²) in [6.07, 6.45) is 3.47. The normalized spacial score (nSPS) is 25.1. The molecule has 1 amide bonds. The second-order valence-electron chi connectivity index (χ2n) is 5.09. The second-order valence-corrected chi connectivity index (χ2v) is 5.09. The van der Waals surface area contributed by atoms with E-state index < -0.39 is 0 Å². The number of carbonyl (C=O) groups is 1. The summed E-state index contributed by atoms with van der Waals surface area (Å²) in [6.45, 7) is 3.19. The number of aromatic nitrogens is 2. The summed E-state index contributed by atoms with van der Waals surface area (Å²) in [6, 6.07) is 0.721. The standard InChI is InChI=1S/C12H21N5O/c1-8-6-9(4-5-16(8)2)15-12(18)10-7-14-17(3)11(10)13/h7-9H,4-6,13H2,1-3H3,(H,15,18). The van der Waals surface area contributed by atoms with Crippen LogP contribution in [0.15, 0.2) is 6.20 Å². The third-order valence-electron chi connectivity index (χ3n) is 3.77. The molecule has 1 aliphatic heterocycles. The summed E-state index contributed by atoms with van der Waals surface area (Å²) in [5.74, 6) is 0.288. The SMILES string of the molecule is CC1CC(NC(=O)c2cnn(C)c2N)CCN1C. The molecule has 6 nitrogen and oxygen atoms in total. The van der Waals surface area contributed by atoms with Gasteiger partial charge in [-0.25, -0.2) is 0 Å². The molecule has 0 saturated carbocycles. The molecule has 100 valence electrons. The Morgan fingerprint density at radius 1 is 1.56 bits per heavy atom. The zero-order valence-corrected chi connectivity index (χ0v) is 11.2. The van der Waals surface area contributed by atoms with Gasteiger partial charge in [-0.3, -0.25) is 9.48 Å². The van der Waals surface area contributed by atoms with Gasteiger partial charge in [-0.15, -0.1) is 0 Å². The third kappa shape index (κ3) is 2.48. The summed E-state index contributed by atoms with van der Waals surface area (Å²) in [7, 11) is 3.84. The molecule has 1 aliphatic rings. The van der Waals surface area contributed by atoms with Gasteiger partial charge >= 0.3 is 0 Å². The highest BCUT2D eigenvalue weighted by atomic mass is 16.1. The summed E-state index contributed by atoms with van der Waals surface area (Å²) in [4.78, 5) is 14.4. The summed E-state index contributed by atoms with van der Waals surface area (Å²) >= 11 is 0. The first-order valence-electron chi connectivity index (χ1n) is 6.27. The van der Waals surface area contributed by atoms with Gasteiger partial charge < -0.3 is 16.0 Å². The molecular weight excluding hydrogens is 230 g/mol. The second kappa shape index (κ2) is 4.97. The minimum absolute atomic E-state index is 0.123. The molecule has 0 radical (unpaired) electrons. The Kier molecular flexibility index (Phi) is 3.56. The average Bonchev–Trinajstić information content (AvgIpc) is 2.65. The number of carbonyl (C=O) groups excluding carboxylic acids is 1. The van der Waals surface area contributed by atoms with Crippen molar-refractivity contribution in [1.29, 1.82) is 0 Å². The van der Waals surface area contributed by atoms with Crippen molar-refractivity contribution in [2.75, 3.05) is 19.3 Å². The first-order chi connectivity index (χ1) is 8.49. The maximum atomic E-state index is 12.1. The first kappa shape index (κ1) is 12.9. The zero-order valence-electron chi connectivity index (χ0n) is 11.2. The van der Waals surface area contributed by atoms with E-state index in [1.807, 2.05) is 0 Å². The van der Waals surface area contributed by atoms with E-state index in [1.54, 1.807) is 7.05 Å². The number of nitrogens with two attached hydrogens (primary N) is 1. The number of hydrogen-bond donors (Lipinski definition) is 2. The largest absolute Gasteiger partial charge is 0.383 e. The van der Waals surface area contributed by atoms with Crippen molar-refractivity contribution in [1.82, 2.24) is 20.0 Å².